The maximum atomic E-state index is 11.9. The van der Waals surface area contributed by atoms with Gasteiger partial charge in [0.25, 0.3) is 0 Å². The Morgan fingerprint density at radius 3 is 2.45 bits per heavy atom. The molecule has 1 fully saturated rings. The van der Waals surface area contributed by atoms with Gasteiger partial charge in [-0.2, -0.15) is 11.8 Å². The molecule has 0 unspecified atom stereocenters. The molecule has 0 atom stereocenters. The first kappa shape index (κ1) is 17.3. The van der Waals surface area contributed by atoms with E-state index in [4.69, 9.17) is 0 Å². The van der Waals surface area contributed by atoms with Gasteiger partial charge >= 0.3 is 5.97 Å². The zero-order chi connectivity index (χ0) is 14.8. The molecule has 0 aromatic heterocycles. The van der Waals surface area contributed by atoms with Crippen molar-refractivity contribution >= 4 is 23.6 Å². The number of amides is 1. The molecule has 1 saturated carbocycles. The van der Waals surface area contributed by atoms with Crippen molar-refractivity contribution in [1.29, 1.82) is 0 Å². The lowest BCUT2D eigenvalue weighted by atomic mass is 9.71. The summed E-state index contributed by atoms with van der Waals surface area (Å²) < 4.78 is 0. The van der Waals surface area contributed by atoms with Gasteiger partial charge in [0.05, 0.1) is 5.41 Å². The minimum Gasteiger partial charge on any atom is -0.481 e. The van der Waals surface area contributed by atoms with Crippen LogP contribution in [0.25, 0.3) is 0 Å². The Morgan fingerprint density at radius 2 is 1.85 bits per heavy atom. The third kappa shape index (κ3) is 5.73. The molecule has 0 radical (unpaired) electrons. The van der Waals surface area contributed by atoms with Gasteiger partial charge in [0.15, 0.2) is 0 Å². The second-order valence-electron chi connectivity index (χ2n) is 5.73. The zero-order valence-corrected chi connectivity index (χ0v) is 13.3. The van der Waals surface area contributed by atoms with Crippen LogP contribution in [0.2, 0.25) is 0 Å². The van der Waals surface area contributed by atoms with Gasteiger partial charge in [0, 0.05) is 13.0 Å². The number of carbonyl (C=O) groups is 2. The highest BCUT2D eigenvalue weighted by Gasteiger charge is 2.41. The molecule has 1 aliphatic carbocycles. The van der Waals surface area contributed by atoms with Crippen LogP contribution >= 0.6 is 11.8 Å². The SMILES string of the molecule is CSCCCCCNC(=O)CC1(C(=O)O)CCCCC1. The summed E-state index contributed by atoms with van der Waals surface area (Å²) in [5, 5.41) is 12.3. The van der Waals surface area contributed by atoms with E-state index in [0.717, 1.165) is 37.9 Å². The van der Waals surface area contributed by atoms with Crippen LogP contribution in [0, 0.1) is 5.41 Å². The first-order valence-electron chi connectivity index (χ1n) is 7.60. The number of carboxylic acids is 1. The Balaban J connectivity index is 2.27. The zero-order valence-electron chi connectivity index (χ0n) is 12.5. The normalized spacial score (nSPS) is 17.6. The Bertz CT molecular complexity index is 314. The molecule has 0 aliphatic heterocycles. The first-order valence-corrected chi connectivity index (χ1v) is 8.99. The van der Waals surface area contributed by atoms with Gasteiger partial charge in [-0.3, -0.25) is 9.59 Å². The first-order chi connectivity index (χ1) is 9.60. The largest absolute Gasteiger partial charge is 0.481 e. The summed E-state index contributed by atoms with van der Waals surface area (Å²) in [6.45, 7) is 0.670. The summed E-state index contributed by atoms with van der Waals surface area (Å²) in [5.74, 6) is 0.266. The predicted molar refractivity (Wildman–Crippen MR) is 83.0 cm³/mol. The number of nitrogens with one attached hydrogen (secondary N) is 1. The number of unbranched alkanes of at least 4 members (excludes halogenated alkanes) is 2. The topological polar surface area (TPSA) is 66.4 Å². The monoisotopic (exact) mass is 301 g/mol. The maximum Gasteiger partial charge on any atom is 0.310 e. The molecular formula is C15H27NO3S. The number of carbonyl (C=O) groups excluding carboxylic acids is 1. The molecule has 0 saturated heterocycles. The van der Waals surface area contributed by atoms with E-state index in [9.17, 15) is 14.7 Å². The van der Waals surface area contributed by atoms with Gasteiger partial charge < -0.3 is 10.4 Å². The van der Waals surface area contributed by atoms with Crippen molar-refractivity contribution in [2.45, 2.75) is 57.8 Å². The lowest BCUT2D eigenvalue weighted by Crippen LogP contribution is -2.39. The molecule has 4 nitrogen and oxygen atoms in total. The third-order valence-corrected chi connectivity index (χ3v) is 4.81. The minimum absolute atomic E-state index is 0.0980. The van der Waals surface area contributed by atoms with E-state index in [2.05, 4.69) is 11.6 Å². The van der Waals surface area contributed by atoms with E-state index in [0.29, 0.717) is 19.4 Å². The summed E-state index contributed by atoms with van der Waals surface area (Å²) in [4.78, 5) is 23.4. The van der Waals surface area contributed by atoms with Crippen molar-refractivity contribution in [2.24, 2.45) is 5.41 Å². The fraction of sp³-hybridized carbons (Fsp3) is 0.867. The van der Waals surface area contributed by atoms with Crippen LogP contribution in [0.4, 0.5) is 0 Å². The van der Waals surface area contributed by atoms with Crippen LogP contribution in [0.15, 0.2) is 0 Å². The van der Waals surface area contributed by atoms with E-state index in [1.165, 1.54) is 6.42 Å². The number of hydrogen-bond donors (Lipinski definition) is 2. The van der Waals surface area contributed by atoms with Crippen LogP contribution in [0.3, 0.4) is 0 Å². The second kappa shape index (κ2) is 9.27. The van der Waals surface area contributed by atoms with E-state index >= 15 is 0 Å². The molecule has 2 N–H and O–H groups in total. The average Bonchev–Trinajstić information content (AvgIpc) is 2.43. The molecule has 5 heteroatoms. The molecule has 1 rings (SSSR count). The van der Waals surface area contributed by atoms with Crippen molar-refractivity contribution < 1.29 is 14.7 Å². The third-order valence-electron chi connectivity index (χ3n) is 4.11. The van der Waals surface area contributed by atoms with Crippen LogP contribution in [-0.2, 0) is 9.59 Å². The standard InChI is InChI=1S/C15H27NO3S/c1-20-11-7-3-6-10-16-13(17)12-15(14(18)19)8-4-2-5-9-15/h2-12H2,1H3,(H,16,17)(H,18,19). The number of thioether (sulfide) groups is 1. The van der Waals surface area contributed by atoms with Gasteiger partial charge in [0.2, 0.25) is 5.91 Å². The molecule has 0 bridgehead atoms. The van der Waals surface area contributed by atoms with Crippen molar-refractivity contribution in [3.8, 4) is 0 Å². The quantitative estimate of drug-likeness (QED) is 0.642. The van der Waals surface area contributed by atoms with Gasteiger partial charge in [-0.15, -0.1) is 0 Å². The lowest BCUT2D eigenvalue weighted by Gasteiger charge is -2.32. The number of aliphatic carboxylic acids is 1. The van der Waals surface area contributed by atoms with Crippen LogP contribution in [-0.4, -0.2) is 35.5 Å². The van der Waals surface area contributed by atoms with Crippen LogP contribution in [0.5, 0.6) is 0 Å². The van der Waals surface area contributed by atoms with Crippen molar-refractivity contribution in [1.82, 2.24) is 5.32 Å². The predicted octanol–water partition coefficient (Wildman–Crippen LogP) is 3.06. The molecular weight excluding hydrogens is 274 g/mol. The molecule has 116 valence electrons. The molecule has 1 amide bonds. The molecule has 20 heavy (non-hydrogen) atoms. The minimum atomic E-state index is -0.804. The highest BCUT2D eigenvalue weighted by atomic mass is 32.2. The summed E-state index contributed by atoms with van der Waals surface area (Å²) >= 11 is 1.84. The fourth-order valence-corrected chi connectivity index (χ4v) is 3.33. The molecule has 0 aromatic rings. The number of carboxylic acid groups (broad SMARTS) is 1. The van der Waals surface area contributed by atoms with Crippen LogP contribution in [0.1, 0.15) is 57.8 Å². The number of rotatable bonds is 9. The number of hydrogen-bond acceptors (Lipinski definition) is 3. The summed E-state index contributed by atoms with van der Waals surface area (Å²) in [6.07, 6.45) is 9.74. The Labute approximate surface area is 126 Å². The fourth-order valence-electron chi connectivity index (χ4n) is 2.84. The molecule has 1 aliphatic rings. The summed E-state index contributed by atoms with van der Waals surface area (Å²) in [5.41, 5.74) is -0.804. The van der Waals surface area contributed by atoms with Crippen LogP contribution < -0.4 is 5.32 Å². The Kier molecular flexibility index (Phi) is 8.04. The van der Waals surface area contributed by atoms with Crippen molar-refractivity contribution in [2.75, 3.05) is 18.6 Å². The highest BCUT2D eigenvalue weighted by molar-refractivity contribution is 7.98. The van der Waals surface area contributed by atoms with Crippen molar-refractivity contribution in [3.05, 3.63) is 0 Å². The Hall–Kier alpha value is -0.710. The smallest absolute Gasteiger partial charge is 0.310 e. The van der Waals surface area contributed by atoms with Gasteiger partial charge in [0.1, 0.15) is 0 Å². The second-order valence-corrected chi connectivity index (χ2v) is 6.71. The van der Waals surface area contributed by atoms with Gasteiger partial charge in [-0.25, -0.2) is 0 Å². The molecule has 0 spiro atoms. The average molecular weight is 301 g/mol. The van der Waals surface area contributed by atoms with E-state index in [1.54, 1.807) is 0 Å². The Morgan fingerprint density at radius 1 is 1.15 bits per heavy atom. The lowest BCUT2D eigenvalue weighted by molar-refractivity contribution is -0.154. The van der Waals surface area contributed by atoms with E-state index < -0.39 is 11.4 Å². The highest BCUT2D eigenvalue weighted by Crippen LogP contribution is 2.39. The van der Waals surface area contributed by atoms with E-state index in [-0.39, 0.29) is 12.3 Å². The van der Waals surface area contributed by atoms with Gasteiger partial charge in [-0.1, -0.05) is 25.7 Å². The molecule has 0 heterocycles. The maximum absolute atomic E-state index is 11.9. The summed E-state index contributed by atoms with van der Waals surface area (Å²) in [7, 11) is 0. The van der Waals surface area contributed by atoms with E-state index in [1.807, 2.05) is 11.8 Å². The van der Waals surface area contributed by atoms with Gasteiger partial charge in [-0.05, 0) is 37.7 Å². The summed E-state index contributed by atoms with van der Waals surface area (Å²) in [6, 6.07) is 0. The van der Waals surface area contributed by atoms with Crippen molar-refractivity contribution in [3.63, 3.8) is 0 Å². The molecule has 0 aromatic carbocycles.